The molecule has 0 radical (unpaired) electrons. The van der Waals surface area contributed by atoms with Crippen LogP contribution in [0.1, 0.15) is 25.3 Å². The van der Waals surface area contributed by atoms with Crippen molar-refractivity contribution in [2.45, 2.75) is 31.4 Å². The largest absolute Gasteiger partial charge is 0.457 e. The second kappa shape index (κ2) is 13.2. The van der Waals surface area contributed by atoms with E-state index in [9.17, 15) is 4.79 Å². The second-order valence-corrected chi connectivity index (χ2v) is 10.2. The number of nitrogen functional groups attached to an aromatic ring is 1. The molecular formula is C30H35ClN6O4. The molecule has 4 aromatic rings. The number of carbonyl (C=O) groups excluding carboxylic acids is 1. The lowest BCUT2D eigenvalue weighted by Crippen LogP contribution is -2.41. The van der Waals surface area contributed by atoms with E-state index in [-0.39, 0.29) is 30.6 Å². The van der Waals surface area contributed by atoms with Crippen molar-refractivity contribution in [1.29, 1.82) is 0 Å². The highest BCUT2D eigenvalue weighted by molar-refractivity contribution is 6.00. The Labute approximate surface area is 245 Å². The first kappa shape index (κ1) is 28.7. The van der Waals surface area contributed by atoms with Gasteiger partial charge in [0.1, 0.15) is 35.4 Å². The Morgan fingerprint density at radius 1 is 1.02 bits per heavy atom. The number of hydrogen-bond acceptors (Lipinski definition) is 8. The number of morpholine rings is 1. The molecule has 2 unspecified atom stereocenters. The molecule has 6 rings (SSSR count). The molecule has 2 aromatic heterocycles. The molecule has 1 saturated carbocycles. The van der Waals surface area contributed by atoms with Crippen molar-refractivity contribution in [1.82, 2.24) is 24.8 Å². The van der Waals surface area contributed by atoms with Gasteiger partial charge in [-0.2, -0.15) is 0 Å². The fraction of sp³-hybridized carbons (Fsp3) is 0.367. The molecule has 3 N–H and O–H groups in total. The van der Waals surface area contributed by atoms with Gasteiger partial charge in [0.05, 0.1) is 18.6 Å². The summed E-state index contributed by atoms with van der Waals surface area (Å²) in [5.41, 5.74) is 9.10. The number of rotatable bonds is 8. The monoisotopic (exact) mass is 578 g/mol. The van der Waals surface area contributed by atoms with Crippen LogP contribution in [0.5, 0.6) is 11.5 Å². The van der Waals surface area contributed by atoms with Gasteiger partial charge >= 0.3 is 6.09 Å². The third kappa shape index (κ3) is 6.73. The van der Waals surface area contributed by atoms with Crippen LogP contribution in [0.25, 0.3) is 22.2 Å². The minimum absolute atomic E-state index is 0. The minimum Gasteiger partial charge on any atom is -0.457 e. The van der Waals surface area contributed by atoms with E-state index in [1.54, 1.807) is 0 Å². The summed E-state index contributed by atoms with van der Waals surface area (Å²) in [5, 5.41) is 3.72. The van der Waals surface area contributed by atoms with Crippen LogP contribution in [0.2, 0.25) is 0 Å². The topological polar surface area (TPSA) is 117 Å². The summed E-state index contributed by atoms with van der Waals surface area (Å²) in [4.78, 5) is 23.6. The summed E-state index contributed by atoms with van der Waals surface area (Å²) in [6.45, 7) is 4.64. The number of amides is 1. The molecule has 1 amide bonds. The molecule has 2 aromatic carbocycles. The number of ether oxygens (including phenoxy) is 3. The summed E-state index contributed by atoms with van der Waals surface area (Å²) < 4.78 is 19.3. The van der Waals surface area contributed by atoms with Crippen molar-refractivity contribution < 1.29 is 19.0 Å². The van der Waals surface area contributed by atoms with E-state index in [2.05, 4.69) is 30.9 Å². The highest BCUT2D eigenvalue weighted by Crippen LogP contribution is 2.40. The molecule has 1 aliphatic heterocycles. The van der Waals surface area contributed by atoms with Crippen LogP contribution in [0.3, 0.4) is 0 Å². The molecule has 0 spiro atoms. The summed E-state index contributed by atoms with van der Waals surface area (Å²) in [6.07, 6.45) is 5.47. The van der Waals surface area contributed by atoms with E-state index in [1.165, 1.54) is 6.33 Å². The summed E-state index contributed by atoms with van der Waals surface area (Å²) >= 11 is 0. The number of carbonyl (C=O) groups is 1. The quantitative estimate of drug-likeness (QED) is 0.298. The molecule has 1 aliphatic carbocycles. The van der Waals surface area contributed by atoms with E-state index in [0.29, 0.717) is 18.8 Å². The fourth-order valence-corrected chi connectivity index (χ4v) is 5.54. The van der Waals surface area contributed by atoms with Gasteiger partial charge in [-0.1, -0.05) is 30.3 Å². The van der Waals surface area contributed by atoms with E-state index in [4.69, 9.17) is 19.9 Å². The fourth-order valence-electron chi connectivity index (χ4n) is 5.54. The number of halogens is 1. The number of alkyl carbamates (subject to hydrolysis) is 1. The normalized spacial score (nSPS) is 19.0. The Bertz CT molecular complexity index is 1440. The highest BCUT2D eigenvalue weighted by atomic mass is 35.5. The van der Waals surface area contributed by atoms with Crippen molar-refractivity contribution in [3.8, 4) is 22.6 Å². The molecule has 1 saturated heterocycles. The maximum Gasteiger partial charge on any atom is 0.407 e. The van der Waals surface area contributed by atoms with Gasteiger partial charge in [0.25, 0.3) is 0 Å². The molecule has 11 heteroatoms. The van der Waals surface area contributed by atoms with Crippen LogP contribution in [0.15, 0.2) is 67.1 Å². The van der Waals surface area contributed by atoms with Crippen LogP contribution in [0.4, 0.5) is 10.6 Å². The van der Waals surface area contributed by atoms with Gasteiger partial charge < -0.3 is 29.8 Å². The average Bonchev–Trinajstić information content (AvgIpc) is 3.60. The lowest BCUT2D eigenvalue weighted by Gasteiger charge is -2.26. The first-order valence-electron chi connectivity index (χ1n) is 13.8. The number of nitrogens with one attached hydrogen (secondary N) is 1. The molecular weight excluding hydrogens is 544 g/mol. The number of hydrogen-bond donors (Lipinski definition) is 2. The van der Waals surface area contributed by atoms with E-state index >= 15 is 0 Å². The average molecular weight is 579 g/mol. The number of fused-ring (bicyclic) bond motifs is 1. The molecule has 41 heavy (non-hydrogen) atoms. The summed E-state index contributed by atoms with van der Waals surface area (Å²) in [5.74, 6) is 1.98. The smallest absolute Gasteiger partial charge is 0.407 e. The summed E-state index contributed by atoms with van der Waals surface area (Å²) in [6, 6.07) is 17.8. The Morgan fingerprint density at radius 3 is 2.56 bits per heavy atom. The van der Waals surface area contributed by atoms with Gasteiger partial charge in [0.15, 0.2) is 0 Å². The number of benzene rings is 2. The van der Waals surface area contributed by atoms with Gasteiger partial charge in [-0.15, -0.1) is 12.4 Å². The van der Waals surface area contributed by atoms with Gasteiger partial charge in [0, 0.05) is 50.4 Å². The zero-order valence-electron chi connectivity index (χ0n) is 22.8. The molecule has 10 nitrogen and oxygen atoms in total. The van der Waals surface area contributed by atoms with Crippen molar-refractivity contribution in [3.63, 3.8) is 0 Å². The first-order valence-corrected chi connectivity index (χ1v) is 13.8. The second-order valence-electron chi connectivity index (χ2n) is 10.2. The Morgan fingerprint density at radius 2 is 1.78 bits per heavy atom. The molecule has 3 heterocycles. The predicted octanol–water partition coefficient (Wildman–Crippen LogP) is 5.05. The number of anilines is 1. The van der Waals surface area contributed by atoms with Gasteiger partial charge in [-0.25, -0.2) is 14.8 Å². The SMILES string of the molecule is Cl.Nc1ncnc2c1c(-c1ccc(Oc3ccccc3)cc1)cn2C1CCC(OC(=O)NCCN2CCOCC2)C1. The number of nitrogens with zero attached hydrogens (tertiary/aromatic N) is 4. The van der Waals surface area contributed by atoms with Crippen molar-refractivity contribution in [2.24, 2.45) is 0 Å². The maximum absolute atomic E-state index is 12.4. The standard InChI is InChI=1S/C30H34N6O4.ClH/c31-28-27-26(21-6-9-24(10-7-21)39-23-4-2-1-3-5-23)19-36(29(27)34-20-33-28)22-8-11-25(18-22)40-30(37)32-12-13-35-14-16-38-17-15-35;/h1-7,9-10,19-20,22,25H,8,11-18H2,(H,32,37)(H2,31,33,34);1H. The summed E-state index contributed by atoms with van der Waals surface area (Å²) in [7, 11) is 0. The number of aromatic nitrogens is 3. The van der Waals surface area contributed by atoms with Crippen LogP contribution < -0.4 is 15.8 Å². The van der Waals surface area contributed by atoms with Crippen LogP contribution >= 0.6 is 12.4 Å². The van der Waals surface area contributed by atoms with E-state index < -0.39 is 0 Å². The van der Waals surface area contributed by atoms with Crippen molar-refractivity contribution in [2.75, 3.05) is 45.1 Å². The maximum atomic E-state index is 12.4. The lowest BCUT2D eigenvalue weighted by molar-refractivity contribution is 0.0378. The third-order valence-electron chi connectivity index (χ3n) is 7.61. The third-order valence-corrected chi connectivity index (χ3v) is 7.61. The number of nitrogens with two attached hydrogens (primary N) is 1. The lowest BCUT2D eigenvalue weighted by atomic mass is 10.1. The predicted molar refractivity (Wildman–Crippen MR) is 160 cm³/mol. The van der Waals surface area contributed by atoms with Gasteiger partial charge in [-0.05, 0) is 42.7 Å². The van der Waals surface area contributed by atoms with E-state index in [0.717, 1.165) is 79.3 Å². The molecule has 2 fully saturated rings. The zero-order valence-corrected chi connectivity index (χ0v) is 23.6. The van der Waals surface area contributed by atoms with Crippen LogP contribution in [-0.2, 0) is 9.47 Å². The molecule has 2 atom stereocenters. The van der Waals surface area contributed by atoms with Crippen LogP contribution in [-0.4, -0.2) is 71.0 Å². The van der Waals surface area contributed by atoms with Gasteiger partial charge in [0.2, 0.25) is 0 Å². The molecule has 2 aliphatic rings. The molecule has 216 valence electrons. The Hall–Kier alpha value is -3.86. The van der Waals surface area contributed by atoms with Crippen molar-refractivity contribution >= 4 is 35.4 Å². The Kier molecular flexibility index (Phi) is 9.23. The van der Waals surface area contributed by atoms with E-state index in [1.807, 2.05) is 54.6 Å². The Balaban J connectivity index is 0.00000337. The highest BCUT2D eigenvalue weighted by Gasteiger charge is 2.31. The zero-order chi connectivity index (χ0) is 27.3. The van der Waals surface area contributed by atoms with Gasteiger partial charge in [-0.3, -0.25) is 4.90 Å². The first-order chi connectivity index (χ1) is 19.6. The van der Waals surface area contributed by atoms with Crippen molar-refractivity contribution in [3.05, 3.63) is 67.1 Å². The minimum atomic E-state index is -0.360. The number of para-hydroxylation sites is 1. The molecule has 0 bridgehead atoms. The van der Waals surface area contributed by atoms with Crippen LogP contribution in [0, 0.1) is 0 Å².